The minimum atomic E-state index is -0.0944. The van der Waals surface area contributed by atoms with Crippen LogP contribution in [0.4, 0.5) is 5.69 Å². The van der Waals surface area contributed by atoms with Crippen molar-refractivity contribution >= 4 is 11.6 Å². The van der Waals surface area contributed by atoms with E-state index in [0.29, 0.717) is 18.5 Å². The standard InChI is InChI=1S/C16H17NO2/c1-12-5-4-6-13(11-12)9-10-16(19)17-14-7-2-3-8-15(14)18/h2-8,11,18H,9-10H2,1H3,(H,17,19). The van der Waals surface area contributed by atoms with Crippen LogP contribution in [-0.2, 0) is 11.2 Å². The molecule has 2 rings (SSSR count). The van der Waals surface area contributed by atoms with Gasteiger partial charge in [0.15, 0.2) is 0 Å². The SMILES string of the molecule is Cc1cccc(CCC(=O)Nc2ccccc2O)c1. The molecule has 0 aliphatic rings. The summed E-state index contributed by atoms with van der Waals surface area (Å²) in [4.78, 5) is 11.8. The third kappa shape index (κ3) is 3.85. The number of hydrogen-bond acceptors (Lipinski definition) is 2. The molecular formula is C16H17NO2. The molecule has 0 radical (unpaired) electrons. The Balaban J connectivity index is 1.90. The average molecular weight is 255 g/mol. The van der Waals surface area contributed by atoms with Gasteiger partial charge in [0.25, 0.3) is 0 Å². The number of hydrogen-bond donors (Lipinski definition) is 2. The lowest BCUT2D eigenvalue weighted by Crippen LogP contribution is -2.12. The second kappa shape index (κ2) is 6.05. The fourth-order valence-electron chi connectivity index (χ4n) is 1.92. The Hall–Kier alpha value is -2.29. The number of phenols is 1. The monoisotopic (exact) mass is 255 g/mol. The van der Waals surface area contributed by atoms with Crippen molar-refractivity contribution in [2.45, 2.75) is 19.8 Å². The van der Waals surface area contributed by atoms with Crippen LogP contribution >= 0.6 is 0 Å². The largest absolute Gasteiger partial charge is 0.506 e. The normalized spacial score (nSPS) is 10.2. The van der Waals surface area contributed by atoms with Crippen molar-refractivity contribution in [2.24, 2.45) is 0 Å². The average Bonchev–Trinajstić information content (AvgIpc) is 2.39. The molecule has 0 bridgehead atoms. The minimum Gasteiger partial charge on any atom is -0.506 e. The number of amides is 1. The molecule has 2 aromatic rings. The van der Waals surface area contributed by atoms with Crippen molar-refractivity contribution in [1.82, 2.24) is 0 Å². The molecule has 0 fully saturated rings. The molecule has 2 aromatic carbocycles. The van der Waals surface area contributed by atoms with E-state index < -0.39 is 0 Å². The molecule has 0 spiro atoms. The Kier molecular flexibility index (Phi) is 4.18. The Bertz CT molecular complexity index is 578. The molecule has 3 nitrogen and oxygen atoms in total. The lowest BCUT2D eigenvalue weighted by atomic mass is 10.1. The van der Waals surface area contributed by atoms with Crippen molar-refractivity contribution in [3.63, 3.8) is 0 Å². The number of nitrogens with one attached hydrogen (secondary N) is 1. The molecule has 1 amide bonds. The molecule has 19 heavy (non-hydrogen) atoms. The van der Waals surface area contributed by atoms with Gasteiger partial charge >= 0.3 is 0 Å². The molecule has 98 valence electrons. The van der Waals surface area contributed by atoms with Gasteiger partial charge in [-0.05, 0) is 31.0 Å². The maximum atomic E-state index is 11.8. The number of anilines is 1. The number of aromatic hydroxyl groups is 1. The maximum absolute atomic E-state index is 11.8. The highest BCUT2D eigenvalue weighted by Crippen LogP contribution is 2.21. The highest BCUT2D eigenvalue weighted by atomic mass is 16.3. The Morgan fingerprint density at radius 3 is 2.68 bits per heavy atom. The van der Waals surface area contributed by atoms with Crippen molar-refractivity contribution in [2.75, 3.05) is 5.32 Å². The fraction of sp³-hybridized carbons (Fsp3) is 0.188. The number of carbonyl (C=O) groups excluding carboxylic acids is 1. The number of phenolic OH excluding ortho intramolecular Hbond substituents is 1. The molecule has 0 unspecified atom stereocenters. The molecule has 0 aromatic heterocycles. The van der Waals surface area contributed by atoms with Gasteiger partial charge in [0.2, 0.25) is 5.91 Å². The summed E-state index contributed by atoms with van der Waals surface area (Å²) in [5.41, 5.74) is 2.79. The van der Waals surface area contributed by atoms with Crippen LogP contribution in [0.25, 0.3) is 0 Å². The Morgan fingerprint density at radius 2 is 1.95 bits per heavy atom. The molecule has 2 N–H and O–H groups in total. The highest BCUT2D eigenvalue weighted by molar-refractivity contribution is 5.92. The predicted molar refractivity (Wildman–Crippen MR) is 76.2 cm³/mol. The second-order valence-corrected chi connectivity index (χ2v) is 4.55. The lowest BCUT2D eigenvalue weighted by molar-refractivity contribution is -0.116. The van der Waals surface area contributed by atoms with Gasteiger partial charge in [-0.2, -0.15) is 0 Å². The number of rotatable bonds is 4. The predicted octanol–water partition coefficient (Wildman–Crippen LogP) is 3.27. The molecular weight excluding hydrogens is 238 g/mol. The molecule has 0 aliphatic carbocycles. The first kappa shape index (κ1) is 13.1. The summed E-state index contributed by atoms with van der Waals surface area (Å²) < 4.78 is 0. The van der Waals surface area contributed by atoms with E-state index in [4.69, 9.17) is 0 Å². The van der Waals surface area contributed by atoms with Crippen LogP contribution in [0, 0.1) is 6.92 Å². The molecule has 0 saturated carbocycles. The first-order valence-electron chi connectivity index (χ1n) is 6.28. The Morgan fingerprint density at radius 1 is 1.16 bits per heavy atom. The fourth-order valence-corrected chi connectivity index (χ4v) is 1.92. The van der Waals surface area contributed by atoms with Crippen LogP contribution in [0.1, 0.15) is 17.5 Å². The van der Waals surface area contributed by atoms with Crippen LogP contribution in [-0.4, -0.2) is 11.0 Å². The van der Waals surface area contributed by atoms with E-state index in [9.17, 15) is 9.90 Å². The first-order valence-corrected chi connectivity index (χ1v) is 6.28. The van der Waals surface area contributed by atoms with Gasteiger partial charge in [-0.1, -0.05) is 42.0 Å². The number of aryl methyl sites for hydroxylation is 2. The van der Waals surface area contributed by atoms with Gasteiger partial charge in [0.05, 0.1) is 5.69 Å². The van der Waals surface area contributed by atoms with E-state index in [2.05, 4.69) is 11.4 Å². The minimum absolute atomic E-state index is 0.0893. The summed E-state index contributed by atoms with van der Waals surface area (Å²) in [5, 5.41) is 12.3. The van der Waals surface area contributed by atoms with Crippen molar-refractivity contribution < 1.29 is 9.90 Å². The molecule has 0 aliphatic heterocycles. The number of para-hydroxylation sites is 2. The van der Waals surface area contributed by atoms with E-state index in [1.54, 1.807) is 24.3 Å². The quantitative estimate of drug-likeness (QED) is 0.824. The van der Waals surface area contributed by atoms with Crippen molar-refractivity contribution in [3.05, 3.63) is 59.7 Å². The van der Waals surface area contributed by atoms with E-state index in [0.717, 1.165) is 5.56 Å². The summed E-state index contributed by atoms with van der Waals surface area (Å²) >= 11 is 0. The van der Waals surface area contributed by atoms with Gasteiger partial charge in [0, 0.05) is 6.42 Å². The summed E-state index contributed by atoms with van der Waals surface area (Å²) in [6, 6.07) is 14.8. The van der Waals surface area contributed by atoms with E-state index in [1.165, 1.54) is 5.56 Å². The van der Waals surface area contributed by atoms with E-state index in [1.807, 2.05) is 25.1 Å². The summed E-state index contributed by atoms with van der Waals surface area (Å²) in [5.74, 6) is -0.00517. The van der Waals surface area contributed by atoms with Crippen LogP contribution in [0.2, 0.25) is 0 Å². The van der Waals surface area contributed by atoms with Gasteiger partial charge in [-0.3, -0.25) is 4.79 Å². The summed E-state index contributed by atoms with van der Waals surface area (Å²) in [7, 11) is 0. The number of carbonyl (C=O) groups is 1. The Labute approximate surface area is 112 Å². The van der Waals surface area contributed by atoms with E-state index >= 15 is 0 Å². The molecule has 3 heteroatoms. The van der Waals surface area contributed by atoms with Crippen molar-refractivity contribution in [1.29, 1.82) is 0 Å². The smallest absolute Gasteiger partial charge is 0.224 e. The molecule has 0 atom stereocenters. The third-order valence-electron chi connectivity index (χ3n) is 2.90. The maximum Gasteiger partial charge on any atom is 0.224 e. The van der Waals surface area contributed by atoms with Gasteiger partial charge < -0.3 is 10.4 Å². The molecule has 0 saturated heterocycles. The highest BCUT2D eigenvalue weighted by Gasteiger charge is 2.06. The van der Waals surface area contributed by atoms with Crippen LogP contribution in [0.3, 0.4) is 0 Å². The molecule has 0 heterocycles. The van der Waals surface area contributed by atoms with Crippen molar-refractivity contribution in [3.8, 4) is 5.75 Å². The first-order chi connectivity index (χ1) is 9.15. The zero-order valence-corrected chi connectivity index (χ0v) is 10.9. The third-order valence-corrected chi connectivity index (χ3v) is 2.90. The van der Waals surface area contributed by atoms with Crippen LogP contribution < -0.4 is 5.32 Å². The van der Waals surface area contributed by atoms with Crippen LogP contribution in [0.15, 0.2) is 48.5 Å². The number of benzene rings is 2. The van der Waals surface area contributed by atoms with E-state index in [-0.39, 0.29) is 11.7 Å². The second-order valence-electron chi connectivity index (χ2n) is 4.55. The summed E-state index contributed by atoms with van der Waals surface area (Å²) in [6.45, 7) is 2.03. The summed E-state index contributed by atoms with van der Waals surface area (Å²) in [6.07, 6.45) is 1.10. The van der Waals surface area contributed by atoms with Gasteiger partial charge in [0.1, 0.15) is 5.75 Å². The topological polar surface area (TPSA) is 49.3 Å². The lowest BCUT2D eigenvalue weighted by Gasteiger charge is -2.07. The zero-order chi connectivity index (χ0) is 13.7. The van der Waals surface area contributed by atoms with Gasteiger partial charge in [-0.15, -0.1) is 0 Å². The zero-order valence-electron chi connectivity index (χ0n) is 10.9. The van der Waals surface area contributed by atoms with Crippen LogP contribution in [0.5, 0.6) is 5.75 Å². The van der Waals surface area contributed by atoms with Gasteiger partial charge in [-0.25, -0.2) is 0 Å².